The predicted octanol–water partition coefficient (Wildman–Crippen LogP) is 4.57. The summed E-state index contributed by atoms with van der Waals surface area (Å²) in [6, 6.07) is 15.3. The number of benzene rings is 2. The highest BCUT2D eigenvalue weighted by Gasteiger charge is 2.21. The Morgan fingerprint density at radius 3 is 2.42 bits per heavy atom. The molecule has 1 amide bonds. The fourth-order valence-electron chi connectivity index (χ4n) is 3.41. The molecule has 0 aliphatic carbocycles. The zero-order chi connectivity index (χ0) is 25.5. The van der Waals surface area contributed by atoms with Crippen LogP contribution in [0.4, 0.5) is 0 Å². The third-order valence-electron chi connectivity index (χ3n) is 5.18. The third kappa shape index (κ3) is 5.52. The lowest BCUT2D eigenvalue weighted by atomic mass is 10.1. The van der Waals surface area contributed by atoms with Crippen LogP contribution in [0.1, 0.15) is 10.4 Å². The van der Waals surface area contributed by atoms with Crippen LogP contribution >= 0.6 is 23.1 Å². The number of rotatable bonds is 10. The first-order chi connectivity index (χ1) is 17.5. The van der Waals surface area contributed by atoms with Crippen LogP contribution in [0.3, 0.4) is 0 Å². The molecule has 2 aromatic carbocycles. The van der Waals surface area contributed by atoms with Crippen molar-refractivity contribution in [1.82, 2.24) is 20.2 Å². The molecule has 0 unspecified atom stereocenters. The molecule has 0 fully saturated rings. The van der Waals surface area contributed by atoms with Gasteiger partial charge in [-0.25, -0.2) is 5.43 Å². The second-order valence-electron chi connectivity index (χ2n) is 7.44. The van der Waals surface area contributed by atoms with E-state index < -0.39 is 0 Å². The molecule has 4 rings (SSSR count). The Hall–Kier alpha value is -3.83. The van der Waals surface area contributed by atoms with Gasteiger partial charge in [0.1, 0.15) is 0 Å². The zero-order valence-corrected chi connectivity index (χ0v) is 21.9. The van der Waals surface area contributed by atoms with Crippen LogP contribution in [0, 0.1) is 6.92 Å². The van der Waals surface area contributed by atoms with E-state index in [2.05, 4.69) is 20.7 Å². The minimum absolute atomic E-state index is 0.112. The maximum absolute atomic E-state index is 12.4. The Morgan fingerprint density at radius 2 is 1.81 bits per heavy atom. The van der Waals surface area contributed by atoms with Crippen molar-refractivity contribution < 1.29 is 19.0 Å². The number of aryl methyl sites for hydroxylation is 1. The summed E-state index contributed by atoms with van der Waals surface area (Å²) in [5, 5.41) is 15.4. The Bertz CT molecular complexity index is 1340. The number of carbonyl (C=O) groups excluding carboxylic acids is 1. The summed E-state index contributed by atoms with van der Waals surface area (Å²) >= 11 is 2.83. The van der Waals surface area contributed by atoms with Crippen LogP contribution in [0.25, 0.3) is 17.1 Å². The van der Waals surface area contributed by atoms with Gasteiger partial charge in [0.05, 0.1) is 33.3 Å². The molecular weight excluding hydrogens is 498 g/mol. The van der Waals surface area contributed by atoms with Crippen molar-refractivity contribution in [2.45, 2.75) is 12.1 Å². The number of aromatic nitrogens is 3. The smallest absolute Gasteiger partial charge is 0.250 e. The number of hydrogen-bond donors (Lipinski definition) is 1. The first-order valence-corrected chi connectivity index (χ1v) is 12.7. The number of thiophene rings is 1. The molecule has 4 aromatic rings. The van der Waals surface area contributed by atoms with Gasteiger partial charge in [-0.2, -0.15) is 5.10 Å². The second-order valence-corrected chi connectivity index (χ2v) is 9.33. The average Bonchev–Trinajstić information content (AvgIpc) is 3.53. The highest BCUT2D eigenvalue weighted by atomic mass is 32.2. The van der Waals surface area contributed by atoms with E-state index in [0.29, 0.717) is 33.8 Å². The first kappa shape index (κ1) is 25.3. The zero-order valence-electron chi connectivity index (χ0n) is 20.2. The van der Waals surface area contributed by atoms with Crippen LogP contribution in [0.15, 0.2) is 64.2 Å². The largest absolute Gasteiger partial charge is 0.493 e. The van der Waals surface area contributed by atoms with Gasteiger partial charge < -0.3 is 14.2 Å². The third-order valence-corrected chi connectivity index (χ3v) is 7.06. The predicted molar refractivity (Wildman–Crippen MR) is 142 cm³/mol. The van der Waals surface area contributed by atoms with E-state index >= 15 is 0 Å². The van der Waals surface area contributed by atoms with E-state index in [-0.39, 0.29) is 11.7 Å². The van der Waals surface area contributed by atoms with Crippen LogP contribution < -0.4 is 19.6 Å². The monoisotopic (exact) mass is 523 g/mol. The Labute approximate surface area is 217 Å². The van der Waals surface area contributed by atoms with Crippen molar-refractivity contribution in [3.05, 3.63) is 64.4 Å². The minimum atomic E-state index is -0.248. The summed E-state index contributed by atoms with van der Waals surface area (Å²) in [4.78, 5) is 13.4. The summed E-state index contributed by atoms with van der Waals surface area (Å²) in [6.07, 6.45) is 1.65. The van der Waals surface area contributed by atoms with Crippen molar-refractivity contribution in [3.63, 3.8) is 0 Å². The Balaban J connectivity index is 1.61. The molecule has 0 atom stereocenters. The van der Waals surface area contributed by atoms with E-state index in [4.69, 9.17) is 14.2 Å². The summed E-state index contributed by atoms with van der Waals surface area (Å²) < 4.78 is 18.4. The Morgan fingerprint density at radius 1 is 1.08 bits per heavy atom. The summed E-state index contributed by atoms with van der Waals surface area (Å²) in [5.74, 6) is 1.92. The van der Waals surface area contributed by atoms with E-state index in [9.17, 15) is 4.79 Å². The second kappa shape index (κ2) is 11.7. The molecule has 0 radical (unpaired) electrons. The number of thioether (sulfide) groups is 1. The lowest BCUT2D eigenvalue weighted by Crippen LogP contribution is -2.20. The van der Waals surface area contributed by atoms with Crippen LogP contribution in [0.5, 0.6) is 17.2 Å². The van der Waals surface area contributed by atoms with E-state index in [1.165, 1.54) is 11.8 Å². The van der Waals surface area contributed by atoms with Gasteiger partial charge in [0, 0.05) is 16.1 Å². The number of amides is 1. The quantitative estimate of drug-likeness (QED) is 0.185. The molecule has 2 heterocycles. The molecule has 11 heteroatoms. The lowest BCUT2D eigenvalue weighted by Gasteiger charge is -2.15. The number of hydrogen-bond acceptors (Lipinski definition) is 9. The summed E-state index contributed by atoms with van der Waals surface area (Å²) in [6.45, 7) is 2.00. The topological polar surface area (TPSA) is 99.9 Å². The molecule has 9 nitrogen and oxygen atoms in total. The molecule has 0 saturated carbocycles. The number of nitrogens with zero attached hydrogens (tertiary/aromatic N) is 4. The number of methoxy groups -OCH3 is 3. The number of carbonyl (C=O) groups is 1. The number of ether oxygens (including phenoxy) is 3. The van der Waals surface area contributed by atoms with Crippen molar-refractivity contribution >= 4 is 35.2 Å². The fourth-order valence-corrected chi connectivity index (χ4v) is 4.94. The van der Waals surface area contributed by atoms with Gasteiger partial charge in [-0.3, -0.25) is 9.36 Å². The molecule has 0 saturated heterocycles. The SMILES string of the molecule is COc1cc(-c2nnc(SCC(=O)NN=Cc3sccc3C)n2-c2ccccc2)cc(OC)c1OC. The molecule has 2 aromatic heterocycles. The normalized spacial score (nSPS) is 11.0. The van der Waals surface area contributed by atoms with Gasteiger partial charge in [-0.05, 0) is 48.2 Å². The number of para-hydroxylation sites is 1. The molecule has 0 bridgehead atoms. The van der Waals surface area contributed by atoms with Gasteiger partial charge in [-0.15, -0.1) is 21.5 Å². The number of hydrazone groups is 1. The average molecular weight is 524 g/mol. The highest BCUT2D eigenvalue weighted by Crippen LogP contribution is 2.41. The molecule has 0 aliphatic rings. The Kier molecular flexibility index (Phi) is 8.24. The van der Waals surface area contributed by atoms with E-state index in [0.717, 1.165) is 16.1 Å². The number of nitrogens with one attached hydrogen (secondary N) is 1. The molecule has 1 N–H and O–H groups in total. The highest BCUT2D eigenvalue weighted by molar-refractivity contribution is 7.99. The van der Waals surface area contributed by atoms with Crippen LogP contribution in [0.2, 0.25) is 0 Å². The molecule has 0 spiro atoms. The van der Waals surface area contributed by atoms with Crippen LogP contribution in [-0.4, -0.2) is 54.0 Å². The first-order valence-electron chi connectivity index (χ1n) is 10.9. The van der Waals surface area contributed by atoms with E-state index in [1.54, 1.807) is 38.9 Å². The van der Waals surface area contributed by atoms with Crippen molar-refractivity contribution in [2.24, 2.45) is 5.10 Å². The molecule has 36 heavy (non-hydrogen) atoms. The van der Waals surface area contributed by atoms with Crippen LogP contribution in [-0.2, 0) is 4.79 Å². The standard InChI is InChI=1S/C25H25N5O4S2/c1-16-10-11-35-21(16)14-26-27-22(31)15-36-25-29-28-24(30(25)18-8-6-5-7-9-18)17-12-19(32-2)23(34-4)20(13-17)33-3/h5-14H,15H2,1-4H3,(H,27,31). The van der Waals surface area contributed by atoms with Gasteiger partial charge in [0.2, 0.25) is 5.75 Å². The van der Waals surface area contributed by atoms with Crippen molar-refractivity contribution in [1.29, 1.82) is 0 Å². The fraction of sp³-hybridized carbons (Fsp3) is 0.200. The molecular formula is C25H25N5O4S2. The minimum Gasteiger partial charge on any atom is -0.493 e. The van der Waals surface area contributed by atoms with Gasteiger partial charge in [0.25, 0.3) is 5.91 Å². The summed E-state index contributed by atoms with van der Waals surface area (Å²) in [7, 11) is 4.67. The molecule has 0 aliphatic heterocycles. The molecule has 186 valence electrons. The van der Waals surface area contributed by atoms with Gasteiger partial charge in [0.15, 0.2) is 22.5 Å². The maximum atomic E-state index is 12.4. The van der Waals surface area contributed by atoms with Crippen molar-refractivity contribution in [2.75, 3.05) is 27.1 Å². The van der Waals surface area contributed by atoms with Crippen molar-refractivity contribution in [3.8, 4) is 34.3 Å². The lowest BCUT2D eigenvalue weighted by molar-refractivity contribution is -0.118. The maximum Gasteiger partial charge on any atom is 0.250 e. The van der Waals surface area contributed by atoms with Gasteiger partial charge in [-0.1, -0.05) is 30.0 Å². The van der Waals surface area contributed by atoms with Gasteiger partial charge >= 0.3 is 0 Å². The summed E-state index contributed by atoms with van der Waals surface area (Å²) in [5.41, 5.74) is 5.25. The van der Waals surface area contributed by atoms with E-state index in [1.807, 2.05) is 65.4 Å².